The molecular weight excluding hydrogens is 283 g/mol. The number of rotatable bonds is 7. The Bertz CT molecular complexity index is 453. The van der Waals surface area contributed by atoms with E-state index in [1.807, 2.05) is 0 Å². The SMILES string of the molecule is CCOc1cc(F)cc(C(O)C(O)CCSC(C)=O)c1. The van der Waals surface area contributed by atoms with Crippen LogP contribution in [0.15, 0.2) is 18.2 Å². The van der Waals surface area contributed by atoms with Gasteiger partial charge in [0.25, 0.3) is 0 Å². The molecule has 1 rings (SSSR count). The molecule has 0 aromatic heterocycles. The Morgan fingerprint density at radius 3 is 2.70 bits per heavy atom. The van der Waals surface area contributed by atoms with Crippen LogP contribution in [0.5, 0.6) is 5.75 Å². The van der Waals surface area contributed by atoms with Gasteiger partial charge in [0.15, 0.2) is 5.12 Å². The van der Waals surface area contributed by atoms with Crippen molar-refractivity contribution in [3.8, 4) is 5.75 Å². The smallest absolute Gasteiger partial charge is 0.185 e. The van der Waals surface area contributed by atoms with Gasteiger partial charge in [-0.2, -0.15) is 0 Å². The number of benzene rings is 1. The number of carbonyl (C=O) groups is 1. The van der Waals surface area contributed by atoms with E-state index in [1.54, 1.807) is 6.92 Å². The number of carbonyl (C=O) groups excluding carboxylic acids is 1. The maximum absolute atomic E-state index is 13.4. The summed E-state index contributed by atoms with van der Waals surface area (Å²) in [7, 11) is 0. The van der Waals surface area contributed by atoms with E-state index in [0.29, 0.717) is 18.1 Å². The molecule has 0 spiro atoms. The molecule has 0 radical (unpaired) electrons. The fourth-order valence-corrected chi connectivity index (χ4v) is 2.36. The van der Waals surface area contributed by atoms with Crippen molar-refractivity contribution in [2.24, 2.45) is 0 Å². The molecule has 112 valence electrons. The molecule has 0 saturated heterocycles. The second-order valence-corrected chi connectivity index (χ2v) is 5.57. The quantitative estimate of drug-likeness (QED) is 0.809. The fourth-order valence-electron chi connectivity index (χ4n) is 1.71. The summed E-state index contributed by atoms with van der Waals surface area (Å²) in [6, 6.07) is 3.88. The Labute approximate surface area is 122 Å². The molecule has 1 aromatic carbocycles. The van der Waals surface area contributed by atoms with Crippen LogP contribution < -0.4 is 4.74 Å². The number of aliphatic hydroxyl groups excluding tert-OH is 2. The van der Waals surface area contributed by atoms with Crippen LogP contribution in [-0.2, 0) is 4.79 Å². The zero-order valence-corrected chi connectivity index (χ0v) is 12.3. The van der Waals surface area contributed by atoms with E-state index >= 15 is 0 Å². The summed E-state index contributed by atoms with van der Waals surface area (Å²) in [6.07, 6.45) is -2.03. The van der Waals surface area contributed by atoms with Gasteiger partial charge in [-0.25, -0.2) is 4.39 Å². The van der Waals surface area contributed by atoms with E-state index in [4.69, 9.17) is 4.74 Å². The van der Waals surface area contributed by atoms with Crippen molar-refractivity contribution < 1.29 is 24.1 Å². The molecule has 0 aliphatic carbocycles. The maximum atomic E-state index is 13.4. The summed E-state index contributed by atoms with van der Waals surface area (Å²) in [6.45, 7) is 3.60. The second-order valence-electron chi connectivity index (χ2n) is 4.29. The Morgan fingerprint density at radius 2 is 2.10 bits per heavy atom. The number of hydrogen-bond acceptors (Lipinski definition) is 5. The van der Waals surface area contributed by atoms with Gasteiger partial charge in [0.1, 0.15) is 17.7 Å². The van der Waals surface area contributed by atoms with Crippen LogP contribution in [0, 0.1) is 5.82 Å². The first-order chi connectivity index (χ1) is 9.43. The van der Waals surface area contributed by atoms with E-state index in [-0.39, 0.29) is 17.1 Å². The van der Waals surface area contributed by atoms with Crippen LogP contribution in [0.25, 0.3) is 0 Å². The van der Waals surface area contributed by atoms with Crippen LogP contribution in [0.4, 0.5) is 4.39 Å². The maximum Gasteiger partial charge on any atom is 0.185 e. The number of halogens is 1. The van der Waals surface area contributed by atoms with Crippen molar-refractivity contribution >= 4 is 16.9 Å². The highest BCUT2D eigenvalue weighted by Gasteiger charge is 2.20. The Balaban J connectivity index is 2.69. The van der Waals surface area contributed by atoms with Gasteiger partial charge in [-0.05, 0) is 31.0 Å². The van der Waals surface area contributed by atoms with Crippen LogP contribution in [-0.4, -0.2) is 33.8 Å². The number of ether oxygens (including phenoxy) is 1. The zero-order chi connectivity index (χ0) is 15.1. The summed E-state index contributed by atoms with van der Waals surface area (Å²) in [5, 5.41) is 19.8. The number of aliphatic hydroxyl groups is 2. The lowest BCUT2D eigenvalue weighted by atomic mass is 10.0. The second kappa shape index (κ2) is 8.24. The van der Waals surface area contributed by atoms with Crippen molar-refractivity contribution in [2.45, 2.75) is 32.5 Å². The number of thioether (sulfide) groups is 1. The summed E-state index contributed by atoms with van der Waals surface area (Å²) in [4.78, 5) is 10.8. The third kappa shape index (κ3) is 5.48. The van der Waals surface area contributed by atoms with Gasteiger partial charge in [0, 0.05) is 18.7 Å². The van der Waals surface area contributed by atoms with Gasteiger partial charge in [-0.3, -0.25) is 4.79 Å². The van der Waals surface area contributed by atoms with Crippen LogP contribution >= 0.6 is 11.8 Å². The topological polar surface area (TPSA) is 66.8 Å². The Kier molecular flexibility index (Phi) is 6.98. The van der Waals surface area contributed by atoms with Crippen molar-refractivity contribution in [1.82, 2.24) is 0 Å². The summed E-state index contributed by atoms with van der Waals surface area (Å²) < 4.78 is 18.6. The van der Waals surface area contributed by atoms with Gasteiger partial charge in [0.2, 0.25) is 0 Å². The molecule has 0 saturated carbocycles. The molecule has 6 heteroatoms. The molecule has 2 atom stereocenters. The molecule has 2 unspecified atom stereocenters. The molecular formula is C14H19FO4S. The van der Waals surface area contributed by atoms with E-state index in [2.05, 4.69) is 0 Å². The third-order valence-electron chi connectivity index (χ3n) is 2.63. The molecule has 1 aromatic rings. The van der Waals surface area contributed by atoms with Gasteiger partial charge in [-0.15, -0.1) is 0 Å². The summed E-state index contributed by atoms with van der Waals surface area (Å²) in [5.74, 6) is 0.184. The summed E-state index contributed by atoms with van der Waals surface area (Å²) in [5.41, 5.74) is 0.258. The number of hydrogen-bond donors (Lipinski definition) is 2. The fraction of sp³-hybridized carbons (Fsp3) is 0.500. The Hall–Kier alpha value is -1.11. The normalized spacial score (nSPS) is 13.8. The predicted octanol–water partition coefficient (Wildman–Crippen LogP) is 2.29. The highest BCUT2D eigenvalue weighted by Crippen LogP contribution is 2.25. The minimum atomic E-state index is -1.21. The van der Waals surface area contributed by atoms with Crippen LogP contribution in [0.1, 0.15) is 31.9 Å². The predicted molar refractivity (Wildman–Crippen MR) is 76.3 cm³/mol. The highest BCUT2D eigenvalue weighted by atomic mass is 32.2. The molecule has 0 bridgehead atoms. The van der Waals surface area contributed by atoms with Gasteiger partial charge >= 0.3 is 0 Å². The van der Waals surface area contributed by atoms with Crippen LogP contribution in [0.3, 0.4) is 0 Å². The first-order valence-corrected chi connectivity index (χ1v) is 7.35. The minimum absolute atomic E-state index is 0.0453. The van der Waals surface area contributed by atoms with E-state index in [0.717, 1.165) is 17.8 Å². The molecule has 0 aliphatic rings. The molecule has 0 aliphatic heterocycles. The standard InChI is InChI=1S/C14H19FO4S/c1-3-19-12-7-10(6-11(15)8-12)14(18)13(17)4-5-20-9(2)16/h6-8,13-14,17-18H,3-5H2,1-2H3. The molecule has 0 fully saturated rings. The van der Waals surface area contributed by atoms with Crippen molar-refractivity contribution in [3.05, 3.63) is 29.6 Å². The van der Waals surface area contributed by atoms with E-state index in [9.17, 15) is 19.4 Å². The summed E-state index contributed by atoms with van der Waals surface area (Å²) >= 11 is 1.08. The van der Waals surface area contributed by atoms with Gasteiger partial charge < -0.3 is 14.9 Å². The molecule has 4 nitrogen and oxygen atoms in total. The highest BCUT2D eigenvalue weighted by molar-refractivity contribution is 8.13. The molecule has 0 amide bonds. The van der Waals surface area contributed by atoms with Crippen molar-refractivity contribution in [1.29, 1.82) is 0 Å². The minimum Gasteiger partial charge on any atom is -0.494 e. The first-order valence-electron chi connectivity index (χ1n) is 6.36. The Morgan fingerprint density at radius 1 is 1.40 bits per heavy atom. The zero-order valence-electron chi connectivity index (χ0n) is 11.5. The van der Waals surface area contributed by atoms with E-state index < -0.39 is 18.0 Å². The molecule has 0 heterocycles. The lowest BCUT2D eigenvalue weighted by molar-refractivity contribution is -0.109. The molecule has 2 N–H and O–H groups in total. The third-order valence-corrected chi connectivity index (χ3v) is 3.48. The lowest BCUT2D eigenvalue weighted by Crippen LogP contribution is -2.19. The van der Waals surface area contributed by atoms with Crippen molar-refractivity contribution in [3.63, 3.8) is 0 Å². The lowest BCUT2D eigenvalue weighted by Gasteiger charge is -2.18. The largest absolute Gasteiger partial charge is 0.494 e. The average molecular weight is 302 g/mol. The van der Waals surface area contributed by atoms with E-state index in [1.165, 1.54) is 19.1 Å². The van der Waals surface area contributed by atoms with Crippen LogP contribution in [0.2, 0.25) is 0 Å². The van der Waals surface area contributed by atoms with Crippen molar-refractivity contribution in [2.75, 3.05) is 12.4 Å². The molecule has 20 heavy (non-hydrogen) atoms. The van der Waals surface area contributed by atoms with Gasteiger partial charge in [-0.1, -0.05) is 11.8 Å². The first kappa shape index (κ1) is 16.9. The monoisotopic (exact) mass is 302 g/mol. The average Bonchev–Trinajstić information content (AvgIpc) is 2.37. The van der Waals surface area contributed by atoms with Gasteiger partial charge in [0.05, 0.1) is 12.7 Å².